The number of nitrogens with zero attached hydrogens (tertiary/aromatic N) is 1. The highest BCUT2D eigenvalue weighted by Crippen LogP contribution is 2.32. The van der Waals surface area contributed by atoms with Crippen LogP contribution < -0.4 is 0 Å². The molecule has 1 amide bonds. The number of halogens is 5. The SMILES string of the molecule is CC(C)(C)C(=O)N1CC=C(c2c(F)c(F)c(F)c(F)c2F)CC1. The quantitative estimate of drug-likeness (QED) is 0.431. The summed E-state index contributed by atoms with van der Waals surface area (Å²) in [6.45, 7) is 5.42. The molecule has 126 valence electrons. The molecule has 0 N–H and O–H groups in total. The van der Waals surface area contributed by atoms with Gasteiger partial charge >= 0.3 is 0 Å². The fraction of sp³-hybridized carbons (Fsp3) is 0.438. The Morgan fingerprint density at radius 2 is 1.43 bits per heavy atom. The van der Waals surface area contributed by atoms with E-state index in [0.717, 1.165) is 0 Å². The largest absolute Gasteiger partial charge is 0.338 e. The molecule has 0 fully saturated rings. The van der Waals surface area contributed by atoms with Gasteiger partial charge in [0.05, 0.1) is 5.56 Å². The highest BCUT2D eigenvalue weighted by Gasteiger charge is 2.31. The van der Waals surface area contributed by atoms with Crippen molar-refractivity contribution < 1.29 is 26.7 Å². The summed E-state index contributed by atoms with van der Waals surface area (Å²) in [4.78, 5) is 13.6. The van der Waals surface area contributed by atoms with Crippen LogP contribution in [0.1, 0.15) is 32.8 Å². The molecule has 2 rings (SSSR count). The number of amides is 1. The van der Waals surface area contributed by atoms with Gasteiger partial charge < -0.3 is 4.90 Å². The maximum atomic E-state index is 13.8. The van der Waals surface area contributed by atoms with E-state index in [2.05, 4.69) is 0 Å². The van der Waals surface area contributed by atoms with Crippen molar-refractivity contribution in [2.45, 2.75) is 27.2 Å². The van der Waals surface area contributed by atoms with Crippen LogP contribution in [0.2, 0.25) is 0 Å². The zero-order valence-corrected chi connectivity index (χ0v) is 12.9. The minimum atomic E-state index is -2.18. The van der Waals surface area contributed by atoms with E-state index in [4.69, 9.17) is 0 Å². The second kappa shape index (κ2) is 5.94. The fourth-order valence-electron chi connectivity index (χ4n) is 2.44. The van der Waals surface area contributed by atoms with Crippen molar-refractivity contribution in [3.05, 3.63) is 40.7 Å². The van der Waals surface area contributed by atoms with E-state index >= 15 is 0 Å². The van der Waals surface area contributed by atoms with Crippen molar-refractivity contribution in [3.8, 4) is 0 Å². The van der Waals surface area contributed by atoms with Crippen LogP contribution in [0.5, 0.6) is 0 Å². The molecular formula is C16H16F5NO. The van der Waals surface area contributed by atoms with E-state index < -0.39 is 40.1 Å². The third-order valence-corrected chi connectivity index (χ3v) is 3.67. The zero-order chi connectivity index (χ0) is 17.5. The third-order valence-electron chi connectivity index (χ3n) is 3.67. The Kier molecular flexibility index (Phi) is 4.50. The average Bonchev–Trinajstić information content (AvgIpc) is 2.50. The minimum Gasteiger partial charge on any atom is -0.338 e. The molecule has 0 aromatic heterocycles. The van der Waals surface area contributed by atoms with Crippen LogP contribution in [0.3, 0.4) is 0 Å². The molecule has 0 unspecified atom stereocenters. The van der Waals surface area contributed by atoms with Gasteiger partial charge in [0.1, 0.15) is 0 Å². The normalized spacial score (nSPS) is 15.7. The number of rotatable bonds is 1. The van der Waals surface area contributed by atoms with E-state index in [1.54, 1.807) is 20.8 Å². The maximum Gasteiger partial charge on any atom is 0.228 e. The van der Waals surface area contributed by atoms with Crippen LogP contribution in [-0.4, -0.2) is 23.9 Å². The second-order valence-electron chi connectivity index (χ2n) is 6.43. The number of hydrogen-bond acceptors (Lipinski definition) is 1. The first-order valence-corrected chi connectivity index (χ1v) is 7.06. The Morgan fingerprint density at radius 1 is 0.957 bits per heavy atom. The predicted molar refractivity (Wildman–Crippen MR) is 74.9 cm³/mol. The lowest BCUT2D eigenvalue weighted by Gasteiger charge is -2.32. The van der Waals surface area contributed by atoms with Gasteiger partial charge in [0.2, 0.25) is 11.7 Å². The molecule has 1 aliphatic heterocycles. The molecule has 23 heavy (non-hydrogen) atoms. The molecule has 0 saturated carbocycles. The molecule has 1 aromatic rings. The van der Waals surface area contributed by atoms with Gasteiger partial charge in [0.15, 0.2) is 23.3 Å². The first-order valence-electron chi connectivity index (χ1n) is 7.06. The Labute approximate surface area is 130 Å². The smallest absolute Gasteiger partial charge is 0.228 e. The second-order valence-corrected chi connectivity index (χ2v) is 6.43. The van der Waals surface area contributed by atoms with Crippen molar-refractivity contribution in [2.24, 2.45) is 5.41 Å². The maximum absolute atomic E-state index is 13.8. The molecule has 0 saturated heterocycles. The molecule has 0 atom stereocenters. The van der Waals surface area contributed by atoms with Crippen molar-refractivity contribution >= 4 is 11.5 Å². The monoisotopic (exact) mass is 333 g/mol. The van der Waals surface area contributed by atoms with Gasteiger partial charge in [0.25, 0.3) is 0 Å². The Hall–Kier alpha value is -1.92. The fourth-order valence-corrected chi connectivity index (χ4v) is 2.44. The van der Waals surface area contributed by atoms with Gasteiger partial charge in [-0.3, -0.25) is 4.79 Å². The first kappa shape index (κ1) is 17.4. The number of carbonyl (C=O) groups is 1. The summed E-state index contributed by atoms with van der Waals surface area (Å²) in [5.74, 6) is -9.94. The molecular weight excluding hydrogens is 317 g/mol. The number of benzene rings is 1. The van der Waals surface area contributed by atoms with E-state index in [0.29, 0.717) is 0 Å². The summed E-state index contributed by atoms with van der Waals surface area (Å²) < 4.78 is 67.2. The Bertz CT molecular complexity index is 662. The lowest BCUT2D eigenvalue weighted by Crippen LogP contribution is -2.41. The van der Waals surface area contributed by atoms with Gasteiger partial charge in [-0.1, -0.05) is 26.8 Å². The molecule has 0 bridgehead atoms. The van der Waals surface area contributed by atoms with Gasteiger partial charge in [-0.2, -0.15) is 0 Å². The molecule has 1 aromatic carbocycles. The predicted octanol–water partition coefficient (Wildman–Crippen LogP) is 4.04. The van der Waals surface area contributed by atoms with Gasteiger partial charge in [-0.15, -0.1) is 0 Å². The van der Waals surface area contributed by atoms with Crippen LogP contribution in [0.25, 0.3) is 5.57 Å². The Morgan fingerprint density at radius 3 is 1.83 bits per heavy atom. The summed E-state index contributed by atoms with van der Waals surface area (Å²) in [5, 5.41) is 0. The molecule has 2 nitrogen and oxygen atoms in total. The summed E-state index contributed by atoms with van der Waals surface area (Å²) in [6, 6.07) is 0. The summed E-state index contributed by atoms with van der Waals surface area (Å²) in [7, 11) is 0. The first-order chi connectivity index (χ1) is 10.6. The van der Waals surface area contributed by atoms with Crippen molar-refractivity contribution in [2.75, 3.05) is 13.1 Å². The number of hydrogen-bond donors (Lipinski definition) is 0. The zero-order valence-electron chi connectivity index (χ0n) is 12.9. The van der Waals surface area contributed by atoms with Crippen LogP contribution in [0.15, 0.2) is 6.08 Å². The molecule has 0 aliphatic carbocycles. The summed E-state index contributed by atoms with van der Waals surface area (Å²) in [5.41, 5.74) is -1.52. The van der Waals surface area contributed by atoms with Gasteiger partial charge in [-0.05, 0) is 12.0 Å². The molecule has 1 aliphatic rings. The van der Waals surface area contributed by atoms with E-state index in [9.17, 15) is 26.7 Å². The van der Waals surface area contributed by atoms with Gasteiger partial charge in [0, 0.05) is 18.5 Å². The minimum absolute atomic E-state index is 0.00996. The number of carbonyl (C=O) groups excluding carboxylic acids is 1. The third kappa shape index (κ3) is 3.09. The molecule has 1 heterocycles. The van der Waals surface area contributed by atoms with Crippen LogP contribution >= 0.6 is 0 Å². The van der Waals surface area contributed by atoms with Crippen LogP contribution in [-0.2, 0) is 4.79 Å². The average molecular weight is 333 g/mol. The summed E-state index contributed by atoms with van der Waals surface area (Å²) >= 11 is 0. The highest BCUT2D eigenvalue weighted by atomic mass is 19.2. The van der Waals surface area contributed by atoms with Crippen molar-refractivity contribution in [1.29, 1.82) is 0 Å². The summed E-state index contributed by atoms with van der Waals surface area (Å²) in [6.07, 6.45) is 1.34. The molecule has 0 spiro atoms. The van der Waals surface area contributed by atoms with Crippen molar-refractivity contribution in [1.82, 2.24) is 4.90 Å². The highest BCUT2D eigenvalue weighted by molar-refractivity contribution is 5.83. The Balaban J connectivity index is 2.37. The van der Waals surface area contributed by atoms with Crippen LogP contribution in [0, 0.1) is 34.5 Å². The van der Waals surface area contributed by atoms with Gasteiger partial charge in [-0.25, -0.2) is 22.0 Å². The van der Waals surface area contributed by atoms with E-state index in [1.165, 1.54) is 11.0 Å². The lowest BCUT2D eigenvalue weighted by atomic mass is 9.92. The topological polar surface area (TPSA) is 20.3 Å². The lowest BCUT2D eigenvalue weighted by molar-refractivity contribution is -0.139. The van der Waals surface area contributed by atoms with E-state index in [-0.39, 0.29) is 31.0 Å². The van der Waals surface area contributed by atoms with E-state index in [1.807, 2.05) is 0 Å². The van der Waals surface area contributed by atoms with Crippen molar-refractivity contribution in [3.63, 3.8) is 0 Å². The van der Waals surface area contributed by atoms with Crippen LogP contribution in [0.4, 0.5) is 22.0 Å². The molecule has 7 heteroatoms. The standard InChI is InChI=1S/C16H16F5NO/c1-16(2,3)15(23)22-6-4-8(5-7-22)9-10(17)12(19)14(21)13(20)11(9)18/h4H,5-7H2,1-3H3. The molecule has 0 radical (unpaired) electrons.